The van der Waals surface area contributed by atoms with E-state index in [1.807, 2.05) is 6.92 Å². The molecule has 172 valence electrons. The number of Topliss-reactive ketones (excluding diaryl/α,β-unsaturated/α-hetero) is 1. The predicted molar refractivity (Wildman–Crippen MR) is 104 cm³/mol. The summed E-state index contributed by atoms with van der Waals surface area (Å²) in [4.78, 5) is 12.3. The first kappa shape index (κ1) is 23.7. The number of hydrogen-bond donors (Lipinski definition) is 6. The van der Waals surface area contributed by atoms with Gasteiger partial charge in [-0.1, -0.05) is 12.5 Å². The van der Waals surface area contributed by atoms with E-state index in [0.29, 0.717) is 12.0 Å². The van der Waals surface area contributed by atoms with E-state index in [1.54, 1.807) is 6.92 Å². The molecular weight excluding hydrogens is 396 g/mol. The van der Waals surface area contributed by atoms with Crippen molar-refractivity contribution in [3.63, 3.8) is 0 Å². The molecule has 3 aliphatic rings. The fraction of sp³-hybridized carbons (Fsp3) is 0.857. The number of allylic oxidation sites excluding steroid dienone is 1. The van der Waals surface area contributed by atoms with Crippen molar-refractivity contribution in [3.8, 4) is 0 Å². The molecule has 0 aromatic heterocycles. The maximum atomic E-state index is 12.3. The van der Waals surface area contributed by atoms with Crippen LogP contribution in [0.1, 0.15) is 47.0 Å². The highest BCUT2D eigenvalue weighted by molar-refractivity contribution is 5.98. The Morgan fingerprint density at radius 3 is 2.40 bits per heavy atom. The van der Waals surface area contributed by atoms with Gasteiger partial charge in [0.05, 0.1) is 18.3 Å². The Morgan fingerprint density at radius 2 is 1.83 bits per heavy atom. The number of ether oxygens (including phenoxy) is 2. The van der Waals surface area contributed by atoms with Crippen LogP contribution in [-0.4, -0.2) is 91.0 Å². The van der Waals surface area contributed by atoms with Crippen LogP contribution >= 0.6 is 0 Å². The van der Waals surface area contributed by atoms with Gasteiger partial charge in [0, 0.05) is 12.8 Å². The second-order valence-corrected chi connectivity index (χ2v) is 9.58. The molecule has 1 saturated heterocycles. The summed E-state index contributed by atoms with van der Waals surface area (Å²) in [5, 5.41) is 62.3. The lowest BCUT2D eigenvalue weighted by atomic mass is 9.76. The summed E-state index contributed by atoms with van der Waals surface area (Å²) in [6, 6.07) is 0. The third-order valence-corrected chi connectivity index (χ3v) is 7.22. The monoisotopic (exact) mass is 430 g/mol. The Kier molecular flexibility index (Phi) is 6.50. The molecule has 2 fully saturated rings. The van der Waals surface area contributed by atoms with Crippen molar-refractivity contribution in [1.82, 2.24) is 0 Å². The molecule has 0 amide bonds. The number of rotatable bonds is 4. The van der Waals surface area contributed by atoms with Crippen molar-refractivity contribution < 1.29 is 44.9 Å². The zero-order valence-corrected chi connectivity index (χ0v) is 17.9. The van der Waals surface area contributed by atoms with Crippen LogP contribution in [0.5, 0.6) is 0 Å². The summed E-state index contributed by atoms with van der Waals surface area (Å²) in [7, 11) is 0. The average Bonchev–Trinajstić information content (AvgIpc) is 2.88. The van der Waals surface area contributed by atoms with Gasteiger partial charge in [-0.3, -0.25) is 4.79 Å². The van der Waals surface area contributed by atoms with Crippen molar-refractivity contribution >= 4 is 5.78 Å². The van der Waals surface area contributed by atoms with Crippen molar-refractivity contribution in [2.24, 2.45) is 11.8 Å². The fourth-order valence-electron chi connectivity index (χ4n) is 4.96. The predicted octanol–water partition coefficient (Wildman–Crippen LogP) is -0.991. The molecule has 0 radical (unpaired) electrons. The lowest BCUT2D eigenvalue weighted by molar-refractivity contribution is -0.333. The number of fused-ring (bicyclic) bond motifs is 1. The molecule has 1 heterocycles. The van der Waals surface area contributed by atoms with Gasteiger partial charge < -0.3 is 40.1 Å². The van der Waals surface area contributed by atoms with E-state index in [-0.39, 0.29) is 30.5 Å². The molecule has 1 aliphatic heterocycles. The molecule has 6 N–H and O–H groups in total. The second kappa shape index (κ2) is 8.22. The summed E-state index contributed by atoms with van der Waals surface area (Å²) in [5.74, 6) is -0.101. The third-order valence-electron chi connectivity index (χ3n) is 7.22. The van der Waals surface area contributed by atoms with Crippen LogP contribution in [0.2, 0.25) is 0 Å². The minimum atomic E-state index is -1.81. The van der Waals surface area contributed by atoms with Crippen LogP contribution in [0.3, 0.4) is 0 Å². The molecule has 0 aromatic rings. The fourth-order valence-corrected chi connectivity index (χ4v) is 4.96. The highest BCUT2D eigenvalue weighted by Gasteiger charge is 2.56. The van der Waals surface area contributed by atoms with E-state index >= 15 is 0 Å². The van der Waals surface area contributed by atoms with Gasteiger partial charge in [0.25, 0.3) is 0 Å². The highest BCUT2D eigenvalue weighted by Crippen LogP contribution is 2.49. The summed E-state index contributed by atoms with van der Waals surface area (Å²) in [6.07, 6.45) is -7.70. The molecule has 30 heavy (non-hydrogen) atoms. The molecule has 9 heteroatoms. The minimum absolute atomic E-state index is 0.0190. The number of ketones is 1. The van der Waals surface area contributed by atoms with Gasteiger partial charge in [0.2, 0.25) is 0 Å². The van der Waals surface area contributed by atoms with E-state index < -0.39 is 54.6 Å². The van der Waals surface area contributed by atoms with Gasteiger partial charge in [0.15, 0.2) is 12.1 Å². The van der Waals surface area contributed by atoms with Crippen LogP contribution in [0, 0.1) is 11.8 Å². The number of carbonyl (C=O) groups excluding carboxylic acids is 1. The normalized spacial score (nSPS) is 45.5. The van der Waals surface area contributed by atoms with Crippen molar-refractivity contribution in [3.05, 3.63) is 11.1 Å². The Bertz CT molecular complexity index is 697. The van der Waals surface area contributed by atoms with Gasteiger partial charge in [-0.05, 0) is 44.6 Å². The number of aliphatic hydroxyl groups is 6. The second-order valence-electron chi connectivity index (χ2n) is 9.58. The summed E-state index contributed by atoms with van der Waals surface area (Å²) in [5.41, 5.74) is -2.03. The summed E-state index contributed by atoms with van der Waals surface area (Å²) in [6.45, 7) is 5.98. The lowest BCUT2D eigenvalue weighted by Gasteiger charge is -2.47. The van der Waals surface area contributed by atoms with Crippen LogP contribution in [-0.2, 0) is 14.3 Å². The standard InChI is InChI=1S/C21H34O9/c1-9-5-15(30-19-18(26)17(25)16(24)14(8-22)29-19)21(28,20(3,4)27)7-12-10(2)13(23)6-11(9)12/h9,11,14-19,22,24-28H,5-8H2,1-4H3/t9-,11+,14-,15-,16-,17+,18-,19+,21-/m1/s1. The highest BCUT2D eigenvalue weighted by atomic mass is 16.7. The first-order chi connectivity index (χ1) is 13.8. The lowest BCUT2D eigenvalue weighted by Crippen LogP contribution is -2.64. The zero-order chi connectivity index (χ0) is 22.6. The quantitative estimate of drug-likeness (QED) is 0.329. The van der Waals surface area contributed by atoms with Crippen LogP contribution in [0.4, 0.5) is 0 Å². The van der Waals surface area contributed by atoms with Crippen molar-refractivity contribution in [2.45, 2.75) is 95.0 Å². The molecule has 0 unspecified atom stereocenters. The maximum absolute atomic E-state index is 12.3. The van der Waals surface area contributed by atoms with E-state index in [0.717, 1.165) is 5.57 Å². The molecule has 0 aromatic carbocycles. The largest absolute Gasteiger partial charge is 0.394 e. The molecule has 0 bridgehead atoms. The zero-order valence-electron chi connectivity index (χ0n) is 17.9. The smallest absolute Gasteiger partial charge is 0.187 e. The molecule has 9 nitrogen and oxygen atoms in total. The molecular formula is C21H34O9. The van der Waals surface area contributed by atoms with Crippen LogP contribution in [0.25, 0.3) is 0 Å². The average molecular weight is 430 g/mol. The van der Waals surface area contributed by atoms with Crippen molar-refractivity contribution in [1.29, 1.82) is 0 Å². The maximum Gasteiger partial charge on any atom is 0.187 e. The number of hydrogen-bond acceptors (Lipinski definition) is 9. The molecule has 0 spiro atoms. The summed E-state index contributed by atoms with van der Waals surface area (Å²) < 4.78 is 11.4. The molecule has 9 atom stereocenters. The Hall–Kier alpha value is -0.910. The van der Waals surface area contributed by atoms with E-state index in [2.05, 4.69) is 0 Å². The first-order valence-corrected chi connectivity index (χ1v) is 10.4. The van der Waals surface area contributed by atoms with Gasteiger partial charge in [-0.25, -0.2) is 0 Å². The van der Waals surface area contributed by atoms with Crippen LogP contribution in [0.15, 0.2) is 11.1 Å². The van der Waals surface area contributed by atoms with E-state index in [4.69, 9.17) is 9.47 Å². The van der Waals surface area contributed by atoms with E-state index in [9.17, 15) is 35.4 Å². The van der Waals surface area contributed by atoms with E-state index in [1.165, 1.54) is 13.8 Å². The molecule has 2 aliphatic carbocycles. The first-order valence-electron chi connectivity index (χ1n) is 10.4. The molecule has 3 rings (SSSR count). The minimum Gasteiger partial charge on any atom is -0.394 e. The third kappa shape index (κ3) is 3.86. The molecule has 1 saturated carbocycles. The number of carbonyl (C=O) groups is 1. The Labute approximate surface area is 175 Å². The summed E-state index contributed by atoms with van der Waals surface area (Å²) >= 11 is 0. The Morgan fingerprint density at radius 1 is 1.20 bits per heavy atom. The number of aliphatic hydroxyl groups excluding tert-OH is 4. The van der Waals surface area contributed by atoms with Crippen LogP contribution < -0.4 is 0 Å². The Balaban J connectivity index is 1.95. The van der Waals surface area contributed by atoms with Gasteiger partial charge in [-0.15, -0.1) is 0 Å². The topological polar surface area (TPSA) is 157 Å². The van der Waals surface area contributed by atoms with Crippen molar-refractivity contribution in [2.75, 3.05) is 6.61 Å². The van der Waals surface area contributed by atoms with Gasteiger partial charge in [0.1, 0.15) is 30.0 Å². The van der Waals surface area contributed by atoms with Gasteiger partial charge in [-0.2, -0.15) is 0 Å². The SMILES string of the molecule is CC1=C2C[C@](O)(C(C)(C)O)[C@H](O[C@@H]3O[C@H](CO)[C@@H](O)[C@H](O)[C@H]3O)C[C@@H](C)[C@@H]2CC1=O. The van der Waals surface area contributed by atoms with Gasteiger partial charge >= 0.3 is 0 Å².